The van der Waals surface area contributed by atoms with Crippen LogP contribution in [0.1, 0.15) is 9.75 Å². The molecule has 1 aromatic carbocycles. The molecule has 0 spiro atoms. The van der Waals surface area contributed by atoms with Crippen molar-refractivity contribution in [3.8, 4) is 0 Å². The molecule has 0 unspecified atom stereocenters. The van der Waals surface area contributed by atoms with E-state index in [9.17, 15) is 0 Å². The van der Waals surface area contributed by atoms with Crippen LogP contribution in [0.3, 0.4) is 0 Å². The highest BCUT2D eigenvalue weighted by molar-refractivity contribution is 7.99. The Morgan fingerprint density at radius 1 is 1.24 bits per heavy atom. The zero-order valence-corrected chi connectivity index (χ0v) is 11.2. The fraction of sp³-hybridized carbons (Fsp3) is 0.167. The molecule has 0 aliphatic heterocycles. The first-order valence-electron chi connectivity index (χ1n) is 5.09. The molecule has 1 aromatic heterocycles. The molecule has 0 radical (unpaired) electrons. The molecule has 5 heteroatoms. The molecule has 0 aliphatic carbocycles. The lowest BCUT2D eigenvalue weighted by molar-refractivity contribution is 1.33. The van der Waals surface area contributed by atoms with Gasteiger partial charge in [-0.1, -0.05) is 35.1 Å². The highest BCUT2D eigenvalue weighted by Crippen LogP contribution is 2.39. The van der Waals surface area contributed by atoms with E-state index in [0.717, 1.165) is 4.90 Å². The first kappa shape index (κ1) is 12.0. The molecule has 0 aliphatic rings. The van der Waals surface area contributed by atoms with Gasteiger partial charge in [-0.3, -0.25) is 0 Å². The van der Waals surface area contributed by atoms with E-state index in [1.165, 1.54) is 14.6 Å². The standard InChI is InChI=1S/C12H11N3S2/c1-8-7-12(9(2)16-8)17-11-6-4-3-5-10(11)14-15-13/h3-7H,1-2H3. The lowest BCUT2D eigenvalue weighted by atomic mass is 10.3. The molecule has 0 amide bonds. The van der Waals surface area contributed by atoms with Gasteiger partial charge in [0.2, 0.25) is 0 Å². The summed E-state index contributed by atoms with van der Waals surface area (Å²) in [5.41, 5.74) is 9.20. The van der Waals surface area contributed by atoms with E-state index in [2.05, 4.69) is 29.9 Å². The summed E-state index contributed by atoms with van der Waals surface area (Å²) in [5.74, 6) is 0. The summed E-state index contributed by atoms with van der Waals surface area (Å²) < 4.78 is 0. The number of azide groups is 1. The maximum Gasteiger partial charge on any atom is 0.0514 e. The van der Waals surface area contributed by atoms with Crippen LogP contribution in [0.2, 0.25) is 0 Å². The van der Waals surface area contributed by atoms with Crippen LogP contribution in [0, 0.1) is 13.8 Å². The van der Waals surface area contributed by atoms with E-state index < -0.39 is 0 Å². The molecule has 2 rings (SSSR count). The van der Waals surface area contributed by atoms with Crippen LogP contribution >= 0.6 is 23.1 Å². The molecule has 0 saturated heterocycles. The summed E-state index contributed by atoms with van der Waals surface area (Å²) in [6.45, 7) is 4.21. The van der Waals surface area contributed by atoms with Gasteiger partial charge >= 0.3 is 0 Å². The minimum atomic E-state index is 0.684. The Balaban J connectivity index is 2.36. The maximum absolute atomic E-state index is 8.52. The number of hydrogen-bond acceptors (Lipinski definition) is 3. The average Bonchev–Trinajstić information content (AvgIpc) is 2.61. The van der Waals surface area contributed by atoms with Crippen molar-refractivity contribution in [1.29, 1.82) is 0 Å². The van der Waals surface area contributed by atoms with Crippen LogP contribution in [-0.2, 0) is 0 Å². The van der Waals surface area contributed by atoms with Crippen LogP contribution in [0.4, 0.5) is 5.69 Å². The van der Waals surface area contributed by atoms with Crippen molar-refractivity contribution in [2.45, 2.75) is 23.6 Å². The predicted molar refractivity (Wildman–Crippen MR) is 73.2 cm³/mol. The van der Waals surface area contributed by atoms with Crippen LogP contribution in [0.15, 0.2) is 45.2 Å². The maximum atomic E-state index is 8.52. The molecule has 3 nitrogen and oxygen atoms in total. The van der Waals surface area contributed by atoms with Crippen LogP contribution in [0.25, 0.3) is 10.4 Å². The Kier molecular flexibility index (Phi) is 3.74. The third-order valence-corrected chi connectivity index (χ3v) is 4.54. The van der Waals surface area contributed by atoms with Crippen molar-refractivity contribution in [3.63, 3.8) is 0 Å². The normalized spacial score (nSPS) is 10.0. The molecule has 0 N–H and O–H groups in total. The largest absolute Gasteiger partial charge is 0.145 e. The van der Waals surface area contributed by atoms with Gasteiger partial charge in [-0.15, -0.1) is 11.3 Å². The fourth-order valence-electron chi connectivity index (χ4n) is 1.50. The summed E-state index contributed by atoms with van der Waals surface area (Å²) in [7, 11) is 0. The van der Waals surface area contributed by atoms with E-state index in [-0.39, 0.29) is 0 Å². The summed E-state index contributed by atoms with van der Waals surface area (Å²) in [5, 5.41) is 3.70. The molecule has 0 atom stereocenters. The van der Waals surface area contributed by atoms with Gasteiger partial charge in [0.1, 0.15) is 0 Å². The number of aryl methyl sites for hydroxylation is 2. The van der Waals surface area contributed by atoms with Gasteiger partial charge in [-0.25, -0.2) is 0 Å². The molecule has 86 valence electrons. The molecule has 2 aromatic rings. The van der Waals surface area contributed by atoms with Crippen molar-refractivity contribution in [1.82, 2.24) is 0 Å². The van der Waals surface area contributed by atoms with E-state index in [0.29, 0.717) is 5.69 Å². The molecular formula is C12H11N3S2. The Labute approximate surface area is 108 Å². The van der Waals surface area contributed by atoms with Crippen LogP contribution in [-0.4, -0.2) is 0 Å². The molecular weight excluding hydrogens is 250 g/mol. The van der Waals surface area contributed by atoms with Gasteiger partial charge in [-0.2, -0.15) is 0 Å². The molecule has 1 heterocycles. The predicted octanol–water partition coefficient (Wildman–Crippen LogP) is 5.46. The highest BCUT2D eigenvalue weighted by Gasteiger charge is 2.07. The SMILES string of the molecule is Cc1cc(Sc2ccccc2N=[N+]=[N-])c(C)s1. The van der Waals surface area contributed by atoms with Crippen molar-refractivity contribution in [2.24, 2.45) is 5.11 Å². The van der Waals surface area contributed by atoms with Crippen molar-refractivity contribution >= 4 is 28.8 Å². The van der Waals surface area contributed by atoms with E-state index in [1.807, 2.05) is 24.3 Å². The van der Waals surface area contributed by atoms with Gasteiger partial charge in [-0.05, 0) is 31.5 Å². The van der Waals surface area contributed by atoms with Crippen LogP contribution < -0.4 is 0 Å². The summed E-state index contributed by atoms with van der Waals surface area (Å²) in [6.07, 6.45) is 0. The summed E-state index contributed by atoms with van der Waals surface area (Å²) >= 11 is 3.43. The van der Waals surface area contributed by atoms with Gasteiger partial charge in [0.25, 0.3) is 0 Å². The van der Waals surface area contributed by atoms with E-state index in [1.54, 1.807) is 23.1 Å². The minimum Gasteiger partial charge on any atom is -0.145 e. The second kappa shape index (κ2) is 5.27. The lowest BCUT2D eigenvalue weighted by Gasteiger charge is -2.03. The average molecular weight is 261 g/mol. The number of rotatable bonds is 3. The Morgan fingerprint density at radius 2 is 2.00 bits per heavy atom. The smallest absolute Gasteiger partial charge is 0.0514 e. The number of thiophene rings is 1. The van der Waals surface area contributed by atoms with Crippen LogP contribution in [0.5, 0.6) is 0 Å². The van der Waals surface area contributed by atoms with Gasteiger partial charge in [0, 0.05) is 24.5 Å². The van der Waals surface area contributed by atoms with Gasteiger partial charge in [0.15, 0.2) is 0 Å². The summed E-state index contributed by atoms with van der Waals surface area (Å²) in [6, 6.07) is 9.79. The topological polar surface area (TPSA) is 48.8 Å². The quantitative estimate of drug-likeness (QED) is 0.411. The van der Waals surface area contributed by atoms with Gasteiger partial charge in [0.05, 0.1) is 5.69 Å². The first-order chi connectivity index (χ1) is 8.20. The Hall–Kier alpha value is -1.42. The zero-order valence-electron chi connectivity index (χ0n) is 9.54. The monoisotopic (exact) mass is 261 g/mol. The van der Waals surface area contributed by atoms with Crippen molar-refractivity contribution < 1.29 is 0 Å². The Morgan fingerprint density at radius 3 is 2.65 bits per heavy atom. The Bertz CT molecular complexity index is 583. The number of hydrogen-bond donors (Lipinski definition) is 0. The minimum absolute atomic E-state index is 0.684. The fourth-order valence-corrected chi connectivity index (χ4v) is 3.62. The highest BCUT2D eigenvalue weighted by atomic mass is 32.2. The molecule has 0 saturated carbocycles. The van der Waals surface area contributed by atoms with Crippen molar-refractivity contribution in [2.75, 3.05) is 0 Å². The zero-order chi connectivity index (χ0) is 12.3. The molecule has 17 heavy (non-hydrogen) atoms. The lowest BCUT2D eigenvalue weighted by Crippen LogP contribution is -1.74. The molecule has 0 fully saturated rings. The van der Waals surface area contributed by atoms with Crippen molar-refractivity contribution in [3.05, 3.63) is 50.5 Å². The second-order valence-corrected chi connectivity index (χ2v) is 6.08. The van der Waals surface area contributed by atoms with Gasteiger partial charge < -0.3 is 0 Å². The number of benzene rings is 1. The number of nitrogens with zero attached hydrogens (tertiary/aromatic N) is 3. The third-order valence-electron chi connectivity index (χ3n) is 2.23. The second-order valence-electron chi connectivity index (χ2n) is 3.54. The van der Waals surface area contributed by atoms with E-state index in [4.69, 9.17) is 5.53 Å². The third kappa shape index (κ3) is 2.82. The van der Waals surface area contributed by atoms with E-state index >= 15 is 0 Å². The molecule has 0 bridgehead atoms. The summed E-state index contributed by atoms with van der Waals surface area (Å²) in [4.78, 5) is 7.66. The first-order valence-corrected chi connectivity index (χ1v) is 6.73.